The predicted octanol–water partition coefficient (Wildman–Crippen LogP) is 3.73. The molecule has 0 saturated carbocycles. The van der Waals surface area contributed by atoms with E-state index >= 15 is 0 Å². The van der Waals surface area contributed by atoms with Gasteiger partial charge in [-0.1, -0.05) is 39.0 Å². The van der Waals surface area contributed by atoms with Crippen LogP contribution in [0.3, 0.4) is 0 Å². The van der Waals surface area contributed by atoms with Gasteiger partial charge in [-0.3, -0.25) is 0 Å². The summed E-state index contributed by atoms with van der Waals surface area (Å²) >= 11 is 0. The van der Waals surface area contributed by atoms with Crippen molar-refractivity contribution >= 4 is 19.7 Å². The maximum atomic E-state index is 11.4. The largest absolute Gasteiger partial charge is 0.381 e. The Hall–Kier alpha value is 0.160. The van der Waals surface area contributed by atoms with Gasteiger partial charge >= 0.3 is 0 Å². The van der Waals surface area contributed by atoms with Crippen LogP contribution in [0, 0.1) is 5.41 Å². The first-order valence-corrected chi connectivity index (χ1v) is 10.5. The van der Waals surface area contributed by atoms with E-state index in [4.69, 9.17) is 20.2 Å². The van der Waals surface area contributed by atoms with Crippen LogP contribution in [0.25, 0.3) is 0 Å². The van der Waals surface area contributed by atoms with E-state index in [-0.39, 0.29) is 11.2 Å². The first kappa shape index (κ1) is 19.2. The smallest absolute Gasteiger partial charge is 0.233 e. The van der Waals surface area contributed by atoms with Gasteiger partial charge < -0.3 is 9.47 Å². The molecule has 0 atom stereocenters. The summed E-state index contributed by atoms with van der Waals surface area (Å²) in [6, 6.07) is 0. The van der Waals surface area contributed by atoms with Crippen molar-refractivity contribution < 1.29 is 17.9 Å². The van der Waals surface area contributed by atoms with E-state index in [2.05, 4.69) is 6.92 Å². The molecule has 0 radical (unpaired) electrons. The minimum atomic E-state index is -3.50. The SMILES string of the molecule is CCCCCCCCOCC1(CS(=O)(=O)Cl)CCOCC1. The normalized spacial score (nSPS) is 18.8. The molecule has 21 heavy (non-hydrogen) atoms. The molecule has 6 heteroatoms. The summed E-state index contributed by atoms with van der Waals surface area (Å²) in [4.78, 5) is 0. The van der Waals surface area contributed by atoms with E-state index in [9.17, 15) is 8.42 Å². The van der Waals surface area contributed by atoms with Crippen LogP contribution in [0.2, 0.25) is 0 Å². The Morgan fingerprint density at radius 3 is 2.33 bits per heavy atom. The Kier molecular flexibility index (Phi) is 9.18. The number of rotatable bonds is 11. The molecule has 0 unspecified atom stereocenters. The lowest BCUT2D eigenvalue weighted by Gasteiger charge is -2.35. The molecule has 0 aromatic carbocycles. The maximum Gasteiger partial charge on any atom is 0.233 e. The monoisotopic (exact) mass is 340 g/mol. The molecule has 1 fully saturated rings. The number of halogens is 1. The molecule has 1 aliphatic heterocycles. The lowest BCUT2D eigenvalue weighted by atomic mass is 9.83. The number of ether oxygens (including phenoxy) is 2. The Bertz CT molecular complexity index is 364. The van der Waals surface area contributed by atoms with E-state index in [1.165, 1.54) is 32.1 Å². The van der Waals surface area contributed by atoms with Crippen molar-refractivity contribution in [1.29, 1.82) is 0 Å². The van der Waals surface area contributed by atoms with Crippen molar-refractivity contribution in [2.75, 3.05) is 32.2 Å². The van der Waals surface area contributed by atoms with Gasteiger partial charge in [0.1, 0.15) is 0 Å². The molecule has 1 heterocycles. The van der Waals surface area contributed by atoms with Gasteiger partial charge in [0.15, 0.2) is 0 Å². The number of hydrogen-bond acceptors (Lipinski definition) is 4. The Balaban J connectivity index is 2.24. The topological polar surface area (TPSA) is 52.6 Å². The number of hydrogen-bond donors (Lipinski definition) is 0. The zero-order chi connectivity index (χ0) is 15.6. The summed E-state index contributed by atoms with van der Waals surface area (Å²) in [5.41, 5.74) is -0.360. The summed E-state index contributed by atoms with van der Waals surface area (Å²) in [5.74, 6) is -0.0125. The highest BCUT2D eigenvalue weighted by molar-refractivity contribution is 8.13. The average Bonchev–Trinajstić information content (AvgIpc) is 2.41. The Labute approximate surface area is 134 Å². The Morgan fingerprint density at radius 2 is 1.71 bits per heavy atom. The fourth-order valence-electron chi connectivity index (χ4n) is 2.77. The van der Waals surface area contributed by atoms with Gasteiger partial charge in [-0.15, -0.1) is 0 Å². The first-order valence-electron chi connectivity index (χ1n) is 8.05. The average molecular weight is 341 g/mol. The van der Waals surface area contributed by atoms with Crippen LogP contribution in [0.15, 0.2) is 0 Å². The summed E-state index contributed by atoms with van der Waals surface area (Å²) in [6.45, 7) is 4.56. The van der Waals surface area contributed by atoms with E-state index in [1.54, 1.807) is 0 Å². The van der Waals surface area contributed by atoms with Crippen molar-refractivity contribution in [2.45, 2.75) is 58.3 Å². The van der Waals surface area contributed by atoms with E-state index < -0.39 is 9.05 Å². The number of unbranched alkanes of at least 4 members (excludes halogenated alkanes) is 5. The Morgan fingerprint density at radius 1 is 1.10 bits per heavy atom. The second kappa shape index (κ2) is 10.0. The van der Waals surface area contributed by atoms with E-state index in [1.807, 2.05) is 0 Å². The minimum absolute atomic E-state index is 0.0125. The predicted molar refractivity (Wildman–Crippen MR) is 86.3 cm³/mol. The molecule has 0 aromatic rings. The van der Waals surface area contributed by atoms with Crippen molar-refractivity contribution in [3.8, 4) is 0 Å². The van der Waals surface area contributed by atoms with Gasteiger partial charge in [0.25, 0.3) is 0 Å². The van der Waals surface area contributed by atoms with Gasteiger partial charge in [-0.25, -0.2) is 8.42 Å². The zero-order valence-corrected chi connectivity index (χ0v) is 14.7. The lowest BCUT2D eigenvalue weighted by molar-refractivity contribution is -0.0284. The highest BCUT2D eigenvalue weighted by Gasteiger charge is 2.37. The zero-order valence-electron chi connectivity index (χ0n) is 13.1. The fourth-order valence-corrected chi connectivity index (χ4v) is 4.57. The van der Waals surface area contributed by atoms with Crippen LogP contribution in [-0.4, -0.2) is 40.6 Å². The van der Waals surface area contributed by atoms with Crippen LogP contribution in [0.4, 0.5) is 0 Å². The molecular weight excluding hydrogens is 312 g/mol. The van der Waals surface area contributed by atoms with Crippen LogP contribution in [0.1, 0.15) is 58.3 Å². The first-order chi connectivity index (χ1) is 9.97. The minimum Gasteiger partial charge on any atom is -0.381 e. The third-order valence-corrected chi connectivity index (χ3v) is 5.37. The van der Waals surface area contributed by atoms with E-state index in [0.29, 0.717) is 39.3 Å². The molecule has 0 N–H and O–H groups in total. The molecule has 0 aromatic heterocycles. The standard InChI is InChI=1S/C15H29ClO4S/c1-2-3-4-5-6-7-10-20-13-15(14-21(16,17)18)8-11-19-12-9-15/h2-14H2,1H3. The third-order valence-electron chi connectivity index (χ3n) is 4.08. The fraction of sp³-hybridized carbons (Fsp3) is 1.00. The van der Waals surface area contributed by atoms with Crippen molar-refractivity contribution in [2.24, 2.45) is 5.41 Å². The van der Waals surface area contributed by atoms with Gasteiger partial charge in [0, 0.05) is 35.9 Å². The van der Waals surface area contributed by atoms with Crippen molar-refractivity contribution in [3.05, 3.63) is 0 Å². The molecule has 1 saturated heterocycles. The molecule has 1 aliphatic rings. The maximum absolute atomic E-state index is 11.4. The molecule has 0 amide bonds. The lowest BCUT2D eigenvalue weighted by Crippen LogP contribution is -2.39. The summed E-state index contributed by atoms with van der Waals surface area (Å²) in [5, 5.41) is 0. The van der Waals surface area contributed by atoms with Crippen LogP contribution in [0.5, 0.6) is 0 Å². The second-order valence-corrected chi connectivity index (χ2v) is 8.89. The van der Waals surface area contributed by atoms with Crippen molar-refractivity contribution in [1.82, 2.24) is 0 Å². The molecule has 4 nitrogen and oxygen atoms in total. The quantitative estimate of drug-likeness (QED) is 0.425. The van der Waals surface area contributed by atoms with Gasteiger partial charge in [0.2, 0.25) is 9.05 Å². The van der Waals surface area contributed by atoms with E-state index in [0.717, 1.165) is 6.42 Å². The van der Waals surface area contributed by atoms with Crippen LogP contribution in [-0.2, 0) is 18.5 Å². The van der Waals surface area contributed by atoms with Crippen molar-refractivity contribution in [3.63, 3.8) is 0 Å². The molecular formula is C15H29ClO4S. The molecule has 1 rings (SSSR count). The second-order valence-electron chi connectivity index (χ2n) is 6.12. The molecule has 126 valence electrons. The molecule has 0 bridgehead atoms. The summed E-state index contributed by atoms with van der Waals surface area (Å²) in [6.07, 6.45) is 8.75. The molecule has 0 aliphatic carbocycles. The third kappa shape index (κ3) is 9.01. The highest BCUT2D eigenvalue weighted by atomic mass is 35.7. The van der Waals surface area contributed by atoms with Gasteiger partial charge in [0.05, 0.1) is 12.4 Å². The van der Waals surface area contributed by atoms with Gasteiger partial charge in [-0.2, -0.15) is 0 Å². The van der Waals surface area contributed by atoms with Crippen LogP contribution < -0.4 is 0 Å². The van der Waals surface area contributed by atoms with Crippen LogP contribution >= 0.6 is 10.7 Å². The van der Waals surface area contributed by atoms with Gasteiger partial charge in [-0.05, 0) is 19.3 Å². The summed E-state index contributed by atoms with van der Waals surface area (Å²) < 4.78 is 33.9. The summed E-state index contributed by atoms with van der Waals surface area (Å²) in [7, 11) is 1.94. The highest BCUT2D eigenvalue weighted by Crippen LogP contribution is 2.33. The molecule has 0 spiro atoms.